The number of hydrogen-bond donors (Lipinski definition) is 9. The highest BCUT2D eigenvalue weighted by atomic mass is 16.4. The molecular formula is C21H30N6O11. The minimum absolute atomic E-state index is 0.222. The van der Waals surface area contributed by atoms with Crippen LogP contribution in [-0.4, -0.2) is 96.2 Å². The second-order valence-corrected chi connectivity index (χ2v) is 8.21. The zero-order chi connectivity index (χ0) is 28.8. The molecule has 210 valence electrons. The van der Waals surface area contributed by atoms with E-state index < -0.39 is 97.9 Å². The second-order valence-electron chi connectivity index (χ2n) is 8.21. The first kappa shape index (κ1) is 31.5. The standard InChI is InChI=1S/C21H30N6O11/c22-11(1-4-15(28)29)18(34)25-12(2-5-16(30)31)19(35)27-14(7-10-8-23-9-24-10)20(36)26-13(21(37)38)3-6-17(32)33/h8-9,11-14H,1-7,22H2,(H,23,24)(H,25,34)(H,26,36)(H,27,35)(H,28,29)(H,30,31)(H,32,33)(H,37,38). The summed E-state index contributed by atoms with van der Waals surface area (Å²) in [6, 6.07) is -5.84. The zero-order valence-electron chi connectivity index (χ0n) is 20.1. The number of nitrogens with zero attached hydrogens (tertiary/aromatic N) is 1. The maximum Gasteiger partial charge on any atom is 0.326 e. The molecule has 1 aromatic heterocycles. The van der Waals surface area contributed by atoms with Crippen LogP contribution < -0.4 is 21.7 Å². The number of aliphatic carboxylic acids is 4. The van der Waals surface area contributed by atoms with Crippen molar-refractivity contribution >= 4 is 41.6 Å². The Bertz CT molecular complexity index is 1010. The molecule has 1 aromatic rings. The van der Waals surface area contributed by atoms with E-state index >= 15 is 0 Å². The topological polar surface area (TPSA) is 291 Å². The molecule has 0 fully saturated rings. The Hall–Kier alpha value is -4.54. The fraction of sp³-hybridized carbons (Fsp3) is 0.524. The highest BCUT2D eigenvalue weighted by molar-refractivity contribution is 5.94. The Morgan fingerprint density at radius 2 is 1.21 bits per heavy atom. The summed E-state index contributed by atoms with van der Waals surface area (Å²) in [6.07, 6.45) is -0.257. The number of rotatable bonds is 18. The van der Waals surface area contributed by atoms with Crippen LogP contribution in [0.5, 0.6) is 0 Å². The van der Waals surface area contributed by atoms with Gasteiger partial charge in [-0.3, -0.25) is 28.8 Å². The van der Waals surface area contributed by atoms with Gasteiger partial charge in [0.2, 0.25) is 17.7 Å². The fourth-order valence-corrected chi connectivity index (χ4v) is 3.12. The van der Waals surface area contributed by atoms with Gasteiger partial charge in [0.05, 0.1) is 12.4 Å². The SMILES string of the molecule is NC(CCC(=O)O)C(=O)NC(CCC(=O)O)C(=O)NC(Cc1cnc[nH]1)C(=O)NC(CCC(=O)O)C(=O)O. The lowest BCUT2D eigenvalue weighted by Crippen LogP contribution is -2.57. The van der Waals surface area contributed by atoms with Gasteiger partial charge < -0.3 is 47.1 Å². The van der Waals surface area contributed by atoms with Crippen LogP contribution in [0.15, 0.2) is 12.5 Å². The molecule has 0 aliphatic carbocycles. The third kappa shape index (κ3) is 11.9. The van der Waals surface area contributed by atoms with Gasteiger partial charge in [-0.15, -0.1) is 0 Å². The van der Waals surface area contributed by atoms with E-state index in [4.69, 9.17) is 21.1 Å². The molecule has 10 N–H and O–H groups in total. The van der Waals surface area contributed by atoms with Crippen LogP contribution in [0.3, 0.4) is 0 Å². The molecule has 0 aliphatic heterocycles. The molecule has 38 heavy (non-hydrogen) atoms. The normalized spacial score (nSPS) is 13.8. The largest absolute Gasteiger partial charge is 0.481 e. The molecule has 4 atom stereocenters. The van der Waals surface area contributed by atoms with E-state index in [1.54, 1.807) is 0 Å². The van der Waals surface area contributed by atoms with Gasteiger partial charge in [0.15, 0.2) is 0 Å². The summed E-state index contributed by atoms with van der Waals surface area (Å²) < 4.78 is 0. The molecule has 0 aromatic carbocycles. The number of nitrogens with one attached hydrogen (secondary N) is 4. The van der Waals surface area contributed by atoms with Crippen LogP contribution in [0.1, 0.15) is 44.2 Å². The molecular weight excluding hydrogens is 512 g/mol. The number of imidazole rings is 1. The molecule has 17 heteroatoms. The lowest BCUT2D eigenvalue weighted by Gasteiger charge is -2.25. The number of hydrogen-bond acceptors (Lipinski definition) is 9. The second kappa shape index (κ2) is 15.5. The van der Waals surface area contributed by atoms with E-state index in [1.807, 2.05) is 0 Å². The summed E-state index contributed by atoms with van der Waals surface area (Å²) >= 11 is 0. The summed E-state index contributed by atoms with van der Waals surface area (Å²) in [5.74, 6) is -8.20. The van der Waals surface area contributed by atoms with Crippen LogP contribution in [0, 0.1) is 0 Å². The van der Waals surface area contributed by atoms with E-state index in [2.05, 4.69) is 25.9 Å². The van der Waals surface area contributed by atoms with Gasteiger partial charge >= 0.3 is 23.9 Å². The number of carboxylic acids is 4. The van der Waals surface area contributed by atoms with Crippen molar-refractivity contribution in [1.29, 1.82) is 0 Å². The van der Waals surface area contributed by atoms with Crippen LogP contribution in [0.25, 0.3) is 0 Å². The molecule has 17 nitrogen and oxygen atoms in total. The molecule has 0 saturated carbocycles. The maximum atomic E-state index is 13.0. The molecule has 0 spiro atoms. The van der Waals surface area contributed by atoms with E-state index in [-0.39, 0.29) is 12.8 Å². The fourth-order valence-electron chi connectivity index (χ4n) is 3.12. The number of carbonyl (C=O) groups is 7. The maximum absolute atomic E-state index is 13.0. The summed E-state index contributed by atoms with van der Waals surface area (Å²) in [4.78, 5) is 88.8. The number of H-pyrrole nitrogens is 1. The zero-order valence-corrected chi connectivity index (χ0v) is 20.1. The third-order valence-electron chi connectivity index (χ3n) is 5.16. The number of amides is 3. The van der Waals surface area contributed by atoms with Crippen molar-refractivity contribution in [1.82, 2.24) is 25.9 Å². The number of carbonyl (C=O) groups excluding carboxylic acids is 3. The molecule has 0 radical (unpaired) electrons. The minimum Gasteiger partial charge on any atom is -0.481 e. The van der Waals surface area contributed by atoms with Crippen LogP contribution in [-0.2, 0) is 40.0 Å². The van der Waals surface area contributed by atoms with Gasteiger partial charge in [0.1, 0.15) is 18.1 Å². The molecule has 0 saturated heterocycles. The Labute approximate surface area is 215 Å². The monoisotopic (exact) mass is 542 g/mol. The van der Waals surface area contributed by atoms with Crippen molar-refractivity contribution in [2.45, 2.75) is 69.1 Å². The molecule has 3 amide bonds. The smallest absolute Gasteiger partial charge is 0.326 e. The van der Waals surface area contributed by atoms with Crippen molar-refractivity contribution < 1.29 is 54.0 Å². The predicted octanol–water partition coefficient (Wildman–Crippen LogP) is -2.59. The summed E-state index contributed by atoms with van der Waals surface area (Å²) in [6.45, 7) is 0. The first-order chi connectivity index (χ1) is 17.8. The highest BCUT2D eigenvalue weighted by Crippen LogP contribution is 2.06. The van der Waals surface area contributed by atoms with Crippen LogP contribution in [0.4, 0.5) is 0 Å². The average Bonchev–Trinajstić information content (AvgIpc) is 3.34. The summed E-state index contributed by atoms with van der Waals surface area (Å²) in [7, 11) is 0. The summed E-state index contributed by atoms with van der Waals surface area (Å²) in [5.41, 5.74) is 6.00. The van der Waals surface area contributed by atoms with Gasteiger partial charge in [0, 0.05) is 37.6 Å². The van der Waals surface area contributed by atoms with Crippen molar-refractivity contribution in [3.63, 3.8) is 0 Å². The molecule has 0 aliphatic rings. The number of aromatic amines is 1. The van der Waals surface area contributed by atoms with Crippen molar-refractivity contribution in [2.24, 2.45) is 5.73 Å². The quantitative estimate of drug-likeness (QED) is 0.0921. The Morgan fingerprint density at radius 1 is 0.737 bits per heavy atom. The number of aromatic nitrogens is 2. The van der Waals surface area contributed by atoms with Crippen molar-refractivity contribution in [2.75, 3.05) is 0 Å². The summed E-state index contributed by atoms with van der Waals surface area (Å²) in [5, 5.41) is 42.6. The van der Waals surface area contributed by atoms with E-state index in [0.717, 1.165) is 0 Å². The Morgan fingerprint density at radius 3 is 1.71 bits per heavy atom. The highest BCUT2D eigenvalue weighted by Gasteiger charge is 2.31. The van der Waals surface area contributed by atoms with E-state index in [0.29, 0.717) is 5.69 Å². The minimum atomic E-state index is -1.59. The van der Waals surface area contributed by atoms with Crippen molar-refractivity contribution in [3.05, 3.63) is 18.2 Å². The Balaban J connectivity index is 3.07. The number of nitrogens with two attached hydrogens (primary N) is 1. The first-order valence-electron chi connectivity index (χ1n) is 11.3. The van der Waals surface area contributed by atoms with Gasteiger partial charge in [-0.2, -0.15) is 0 Å². The Kier molecular flexibility index (Phi) is 12.9. The van der Waals surface area contributed by atoms with Crippen molar-refractivity contribution in [3.8, 4) is 0 Å². The van der Waals surface area contributed by atoms with Gasteiger partial charge in [0.25, 0.3) is 0 Å². The number of carboxylic acid groups (broad SMARTS) is 4. The third-order valence-corrected chi connectivity index (χ3v) is 5.16. The molecule has 1 heterocycles. The lowest BCUT2D eigenvalue weighted by molar-refractivity contribution is -0.143. The van der Waals surface area contributed by atoms with Crippen LogP contribution in [0.2, 0.25) is 0 Å². The van der Waals surface area contributed by atoms with Gasteiger partial charge in [-0.25, -0.2) is 9.78 Å². The van der Waals surface area contributed by atoms with Gasteiger partial charge in [-0.1, -0.05) is 0 Å². The molecule has 4 unspecified atom stereocenters. The predicted molar refractivity (Wildman–Crippen MR) is 124 cm³/mol. The average molecular weight is 543 g/mol. The van der Waals surface area contributed by atoms with Gasteiger partial charge in [-0.05, 0) is 19.3 Å². The van der Waals surface area contributed by atoms with Crippen LogP contribution >= 0.6 is 0 Å². The first-order valence-corrected chi connectivity index (χ1v) is 11.3. The van der Waals surface area contributed by atoms with E-state index in [1.165, 1.54) is 12.5 Å². The molecule has 1 rings (SSSR count). The lowest BCUT2D eigenvalue weighted by atomic mass is 10.1. The van der Waals surface area contributed by atoms with E-state index in [9.17, 15) is 38.7 Å². The molecule has 0 bridgehead atoms.